The average molecular weight is 305 g/mol. The molecule has 0 radical (unpaired) electrons. The van der Waals surface area contributed by atoms with E-state index in [1.807, 2.05) is 23.6 Å². The van der Waals surface area contributed by atoms with Crippen molar-refractivity contribution in [2.45, 2.75) is 39.2 Å². The van der Waals surface area contributed by atoms with Crippen LogP contribution in [0.1, 0.15) is 49.6 Å². The number of carbonyl (C=O) groups is 2. The predicted octanol–water partition coefficient (Wildman–Crippen LogP) is 0.944. The van der Waals surface area contributed by atoms with E-state index in [1.165, 1.54) is 0 Å². The second-order valence-electron chi connectivity index (χ2n) is 6.63. The largest absolute Gasteiger partial charge is 0.338 e. The summed E-state index contributed by atoms with van der Waals surface area (Å²) in [6.45, 7) is 7.03. The molecule has 22 heavy (non-hydrogen) atoms. The summed E-state index contributed by atoms with van der Waals surface area (Å²) >= 11 is 0. The van der Waals surface area contributed by atoms with E-state index in [4.69, 9.17) is 0 Å². The van der Waals surface area contributed by atoms with Gasteiger partial charge in [0.25, 0.3) is 5.91 Å². The van der Waals surface area contributed by atoms with Crippen LogP contribution in [-0.4, -0.2) is 62.8 Å². The number of rotatable bonds is 4. The van der Waals surface area contributed by atoms with Crippen molar-refractivity contribution in [1.82, 2.24) is 24.8 Å². The first-order valence-corrected chi connectivity index (χ1v) is 8.03. The van der Waals surface area contributed by atoms with Crippen LogP contribution in [0.2, 0.25) is 0 Å². The Hall–Kier alpha value is -1.92. The topological polar surface area (TPSA) is 71.3 Å². The van der Waals surface area contributed by atoms with E-state index in [0.717, 1.165) is 25.9 Å². The Morgan fingerprint density at radius 3 is 2.55 bits per heavy atom. The number of likely N-dealkylation sites (tertiary alicyclic amines) is 2. The highest BCUT2D eigenvalue weighted by atomic mass is 16.2. The molecule has 0 aromatic carbocycles. The Balaban J connectivity index is 1.55. The van der Waals surface area contributed by atoms with Crippen LogP contribution in [0.15, 0.2) is 6.20 Å². The van der Waals surface area contributed by atoms with Crippen LogP contribution in [0, 0.1) is 5.92 Å². The van der Waals surface area contributed by atoms with E-state index in [0.29, 0.717) is 31.1 Å². The number of nitrogens with zero attached hydrogens (tertiary/aromatic N) is 5. The minimum Gasteiger partial charge on any atom is -0.338 e. The number of aromatic nitrogens is 3. The molecule has 3 heterocycles. The van der Waals surface area contributed by atoms with Crippen molar-refractivity contribution < 1.29 is 9.59 Å². The first-order valence-electron chi connectivity index (χ1n) is 8.03. The third-order valence-corrected chi connectivity index (χ3v) is 4.29. The van der Waals surface area contributed by atoms with Gasteiger partial charge in [-0.15, -0.1) is 5.10 Å². The van der Waals surface area contributed by atoms with Crippen LogP contribution >= 0.6 is 0 Å². The molecule has 0 bridgehead atoms. The van der Waals surface area contributed by atoms with Gasteiger partial charge in [-0.3, -0.25) is 9.59 Å². The molecular formula is C15H23N5O2. The zero-order valence-corrected chi connectivity index (χ0v) is 13.2. The molecule has 120 valence electrons. The van der Waals surface area contributed by atoms with Crippen LogP contribution in [0.3, 0.4) is 0 Å². The van der Waals surface area contributed by atoms with Gasteiger partial charge in [0.05, 0.1) is 12.2 Å². The van der Waals surface area contributed by atoms with Crippen molar-refractivity contribution in [2.75, 3.05) is 26.2 Å². The van der Waals surface area contributed by atoms with Gasteiger partial charge >= 0.3 is 0 Å². The zero-order chi connectivity index (χ0) is 15.7. The maximum absolute atomic E-state index is 12.2. The second kappa shape index (κ2) is 6.06. The zero-order valence-electron chi connectivity index (χ0n) is 13.2. The van der Waals surface area contributed by atoms with Gasteiger partial charge in [0.1, 0.15) is 0 Å². The van der Waals surface area contributed by atoms with Crippen LogP contribution < -0.4 is 0 Å². The van der Waals surface area contributed by atoms with Gasteiger partial charge in [0.2, 0.25) is 5.91 Å². The Labute approximate surface area is 130 Å². The fourth-order valence-electron chi connectivity index (χ4n) is 2.94. The Kier molecular flexibility index (Phi) is 4.13. The smallest absolute Gasteiger partial charge is 0.276 e. The monoisotopic (exact) mass is 305 g/mol. The van der Waals surface area contributed by atoms with Crippen molar-refractivity contribution >= 4 is 11.8 Å². The third kappa shape index (κ3) is 2.98. The van der Waals surface area contributed by atoms with Crippen LogP contribution in [-0.2, 0) is 4.79 Å². The average Bonchev–Trinajstić information content (AvgIpc) is 3.07. The number of hydrogen-bond acceptors (Lipinski definition) is 4. The fourth-order valence-corrected chi connectivity index (χ4v) is 2.94. The van der Waals surface area contributed by atoms with Gasteiger partial charge < -0.3 is 9.80 Å². The molecule has 0 aliphatic carbocycles. The molecule has 1 aromatic rings. The van der Waals surface area contributed by atoms with E-state index in [9.17, 15) is 9.59 Å². The van der Waals surface area contributed by atoms with E-state index in [-0.39, 0.29) is 17.9 Å². The summed E-state index contributed by atoms with van der Waals surface area (Å²) in [6.07, 6.45) is 4.43. The summed E-state index contributed by atoms with van der Waals surface area (Å²) in [5.74, 6) is 0.540. The fraction of sp³-hybridized carbons (Fsp3) is 0.733. The van der Waals surface area contributed by atoms with Crippen molar-refractivity contribution in [1.29, 1.82) is 0 Å². The third-order valence-electron chi connectivity index (χ3n) is 4.29. The molecule has 7 heteroatoms. The molecule has 0 unspecified atom stereocenters. The quantitative estimate of drug-likeness (QED) is 0.830. The van der Waals surface area contributed by atoms with Gasteiger partial charge in [-0.05, 0) is 18.8 Å². The molecule has 2 aliphatic heterocycles. The standard InChI is InChI=1S/C15H23N5O2/c1-11(2)7-14(21)19-8-12(9-19)20-10-13(16-17-20)15(22)18-5-3-4-6-18/h10-12H,3-9H2,1-2H3. The lowest BCUT2D eigenvalue weighted by Gasteiger charge is -2.39. The van der Waals surface area contributed by atoms with Crippen LogP contribution in [0.5, 0.6) is 0 Å². The molecule has 3 rings (SSSR count). The molecule has 2 saturated heterocycles. The summed E-state index contributed by atoms with van der Waals surface area (Å²) in [5.41, 5.74) is 0.411. The minimum absolute atomic E-state index is 0.0317. The number of amides is 2. The molecule has 7 nitrogen and oxygen atoms in total. The van der Waals surface area contributed by atoms with Gasteiger partial charge in [-0.2, -0.15) is 0 Å². The van der Waals surface area contributed by atoms with Gasteiger partial charge in [-0.25, -0.2) is 4.68 Å². The highest BCUT2D eigenvalue weighted by Gasteiger charge is 2.33. The maximum atomic E-state index is 12.2. The van der Waals surface area contributed by atoms with Crippen LogP contribution in [0.25, 0.3) is 0 Å². The highest BCUT2D eigenvalue weighted by Crippen LogP contribution is 2.22. The molecule has 2 amide bonds. The lowest BCUT2D eigenvalue weighted by atomic mass is 10.1. The van der Waals surface area contributed by atoms with Crippen molar-refractivity contribution in [3.05, 3.63) is 11.9 Å². The summed E-state index contributed by atoms with van der Waals surface area (Å²) < 4.78 is 1.72. The Morgan fingerprint density at radius 1 is 1.23 bits per heavy atom. The first kappa shape index (κ1) is 15.0. The van der Waals surface area contributed by atoms with E-state index in [1.54, 1.807) is 10.9 Å². The van der Waals surface area contributed by atoms with Gasteiger partial charge in [0, 0.05) is 32.6 Å². The van der Waals surface area contributed by atoms with Crippen molar-refractivity contribution in [3.8, 4) is 0 Å². The molecule has 1 aromatic heterocycles. The second-order valence-corrected chi connectivity index (χ2v) is 6.63. The molecule has 2 aliphatic rings. The maximum Gasteiger partial charge on any atom is 0.276 e. The van der Waals surface area contributed by atoms with E-state index in [2.05, 4.69) is 10.3 Å². The summed E-state index contributed by atoms with van der Waals surface area (Å²) in [4.78, 5) is 27.8. The SMILES string of the molecule is CC(C)CC(=O)N1CC(n2cc(C(=O)N3CCCC3)nn2)C1. The molecule has 0 N–H and O–H groups in total. The molecular weight excluding hydrogens is 282 g/mol. The van der Waals surface area contributed by atoms with E-state index >= 15 is 0 Å². The van der Waals surface area contributed by atoms with Crippen molar-refractivity contribution in [3.63, 3.8) is 0 Å². The number of hydrogen-bond donors (Lipinski definition) is 0. The summed E-state index contributed by atoms with van der Waals surface area (Å²) in [5, 5.41) is 8.07. The Morgan fingerprint density at radius 2 is 1.91 bits per heavy atom. The lowest BCUT2D eigenvalue weighted by molar-refractivity contribution is -0.138. The summed E-state index contributed by atoms with van der Waals surface area (Å²) in [7, 11) is 0. The molecule has 0 spiro atoms. The lowest BCUT2D eigenvalue weighted by Crippen LogP contribution is -2.51. The highest BCUT2D eigenvalue weighted by molar-refractivity contribution is 5.92. The van der Waals surface area contributed by atoms with Crippen molar-refractivity contribution in [2.24, 2.45) is 5.92 Å². The van der Waals surface area contributed by atoms with E-state index < -0.39 is 0 Å². The molecule has 2 fully saturated rings. The minimum atomic E-state index is -0.0317. The Bertz CT molecular complexity index is 556. The summed E-state index contributed by atoms with van der Waals surface area (Å²) in [6, 6.07) is 0.142. The number of carbonyl (C=O) groups excluding carboxylic acids is 2. The molecule has 0 atom stereocenters. The normalized spacial score (nSPS) is 18.9. The molecule has 0 saturated carbocycles. The van der Waals surface area contributed by atoms with Gasteiger partial charge in [0.15, 0.2) is 5.69 Å². The first-order chi connectivity index (χ1) is 10.5. The van der Waals surface area contributed by atoms with Crippen LogP contribution in [0.4, 0.5) is 0 Å². The predicted molar refractivity (Wildman–Crippen MR) is 80.2 cm³/mol. The van der Waals surface area contributed by atoms with Gasteiger partial charge in [-0.1, -0.05) is 19.1 Å².